The number of hydrogen-bond acceptors (Lipinski definition) is 3. The number of aromatic nitrogens is 1. The highest BCUT2D eigenvalue weighted by Gasteiger charge is 2.36. The predicted octanol–water partition coefficient (Wildman–Crippen LogP) is 3.72. The van der Waals surface area contributed by atoms with Crippen LogP contribution in [-0.4, -0.2) is 46.5 Å². The lowest BCUT2D eigenvalue weighted by Gasteiger charge is -2.43. The Morgan fingerprint density at radius 2 is 1.78 bits per heavy atom. The fraction of sp³-hybridized carbons (Fsp3) is 0.556. The van der Waals surface area contributed by atoms with Gasteiger partial charge in [-0.15, -0.1) is 0 Å². The zero-order chi connectivity index (χ0) is 22.1. The van der Waals surface area contributed by atoms with Crippen LogP contribution in [0.25, 0.3) is 0 Å². The van der Waals surface area contributed by atoms with Crippen molar-refractivity contribution in [1.29, 1.82) is 0 Å². The van der Waals surface area contributed by atoms with E-state index in [0.717, 1.165) is 63.4 Å². The Hall–Kier alpha value is -2.40. The van der Waals surface area contributed by atoms with E-state index in [2.05, 4.69) is 41.0 Å². The van der Waals surface area contributed by atoms with Crippen LogP contribution < -0.4 is 5.56 Å². The number of likely N-dealkylation sites (tertiary alicyclic amines) is 2. The molecule has 0 radical (unpaired) electrons. The number of fused-ring (bicyclic) bond motifs is 4. The second-order valence-corrected chi connectivity index (χ2v) is 10.1. The highest BCUT2D eigenvalue weighted by molar-refractivity contribution is 5.76. The Morgan fingerprint density at radius 3 is 2.59 bits per heavy atom. The number of benzene rings is 1. The predicted molar refractivity (Wildman–Crippen MR) is 127 cm³/mol. The third-order valence-corrected chi connectivity index (χ3v) is 7.75. The molecular weight excluding hydrogens is 398 g/mol. The Morgan fingerprint density at radius 1 is 0.969 bits per heavy atom. The van der Waals surface area contributed by atoms with E-state index in [1.54, 1.807) is 0 Å². The first-order valence-corrected chi connectivity index (χ1v) is 12.4. The molecule has 4 heterocycles. The third-order valence-electron chi connectivity index (χ3n) is 7.75. The van der Waals surface area contributed by atoms with E-state index in [4.69, 9.17) is 0 Å². The maximum absolute atomic E-state index is 13.3. The molecule has 3 aliphatic rings. The van der Waals surface area contributed by atoms with E-state index >= 15 is 0 Å². The molecule has 2 bridgehead atoms. The molecule has 32 heavy (non-hydrogen) atoms. The van der Waals surface area contributed by atoms with Crippen LogP contribution in [0.2, 0.25) is 0 Å². The molecule has 1 aromatic heterocycles. The highest BCUT2D eigenvalue weighted by atomic mass is 16.2. The fourth-order valence-electron chi connectivity index (χ4n) is 5.96. The molecule has 0 saturated carbocycles. The van der Waals surface area contributed by atoms with Crippen LogP contribution in [0.15, 0.2) is 41.2 Å². The molecule has 0 N–H and O–H groups in total. The Balaban J connectivity index is 1.27. The van der Waals surface area contributed by atoms with E-state index in [-0.39, 0.29) is 17.4 Å². The van der Waals surface area contributed by atoms with Gasteiger partial charge in [-0.1, -0.05) is 36.8 Å². The van der Waals surface area contributed by atoms with Crippen LogP contribution in [0.5, 0.6) is 0 Å². The maximum atomic E-state index is 13.3. The molecule has 0 unspecified atom stereocenters. The normalized spacial score (nSPS) is 23.1. The largest absolute Gasteiger partial charge is 0.342 e. The van der Waals surface area contributed by atoms with Crippen LogP contribution in [0, 0.1) is 12.8 Å². The van der Waals surface area contributed by atoms with Crippen molar-refractivity contribution in [2.75, 3.05) is 26.2 Å². The van der Waals surface area contributed by atoms with Crippen molar-refractivity contribution < 1.29 is 4.79 Å². The summed E-state index contributed by atoms with van der Waals surface area (Å²) in [6, 6.07) is 12.6. The molecule has 1 aromatic carbocycles. The topological polar surface area (TPSA) is 45.6 Å². The number of aryl methyl sites for hydroxylation is 2. The van der Waals surface area contributed by atoms with Gasteiger partial charge in [-0.25, -0.2) is 0 Å². The molecule has 5 heteroatoms. The minimum Gasteiger partial charge on any atom is -0.342 e. The molecule has 0 aliphatic carbocycles. The minimum atomic E-state index is 0.196. The Bertz CT molecular complexity index is 1040. The molecule has 5 rings (SSSR count). The number of hydrogen-bond donors (Lipinski definition) is 0. The van der Waals surface area contributed by atoms with Gasteiger partial charge in [0, 0.05) is 49.8 Å². The summed E-state index contributed by atoms with van der Waals surface area (Å²) in [7, 11) is 0. The molecule has 2 fully saturated rings. The summed E-state index contributed by atoms with van der Waals surface area (Å²) < 4.78 is 2.03. The van der Waals surface area contributed by atoms with Crippen molar-refractivity contribution in [3.8, 4) is 0 Å². The summed E-state index contributed by atoms with van der Waals surface area (Å²) in [6.07, 6.45) is 6.24. The summed E-state index contributed by atoms with van der Waals surface area (Å²) >= 11 is 0. The summed E-state index contributed by atoms with van der Waals surface area (Å²) in [6.45, 7) is 7.37. The maximum Gasteiger partial charge on any atom is 0.255 e. The number of piperidine rings is 2. The number of nitrogens with zero attached hydrogens (tertiary/aromatic N) is 3. The van der Waals surface area contributed by atoms with E-state index in [1.807, 2.05) is 16.7 Å². The smallest absolute Gasteiger partial charge is 0.255 e. The SMILES string of the molecule is Cc1ccccc1CCC(=O)N1C[C@@H]2C[C@H](C1)c1ccc(CN3CCCCC3)c(=O)n1C2. The zero-order valence-electron chi connectivity index (χ0n) is 19.3. The van der Waals surface area contributed by atoms with Gasteiger partial charge in [-0.05, 0) is 68.8 Å². The number of carbonyl (C=O) groups excluding carboxylic acids is 1. The minimum absolute atomic E-state index is 0.196. The second kappa shape index (κ2) is 9.22. The van der Waals surface area contributed by atoms with E-state index < -0.39 is 0 Å². The van der Waals surface area contributed by atoms with E-state index in [1.165, 1.54) is 30.4 Å². The lowest BCUT2D eigenvalue weighted by molar-refractivity contribution is -0.133. The van der Waals surface area contributed by atoms with E-state index in [0.29, 0.717) is 12.3 Å². The molecule has 2 aromatic rings. The van der Waals surface area contributed by atoms with Crippen molar-refractivity contribution in [3.05, 3.63) is 69.1 Å². The van der Waals surface area contributed by atoms with Gasteiger partial charge in [-0.3, -0.25) is 14.5 Å². The number of rotatable bonds is 5. The van der Waals surface area contributed by atoms with Crippen molar-refractivity contribution >= 4 is 5.91 Å². The summed E-state index contributed by atoms with van der Waals surface area (Å²) in [4.78, 5) is 30.8. The molecule has 0 spiro atoms. The molecule has 3 aliphatic heterocycles. The third kappa shape index (κ3) is 4.40. The standard InChI is InChI=1S/C27H35N3O2/c1-20-7-3-4-8-22(20)10-12-26(31)29-16-21-15-24(19-29)25-11-9-23(27(32)30(25)17-21)18-28-13-5-2-6-14-28/h3-4,7-9,11,21,24H,2,5-6,10,12-19H2,1H3/t21-,24+/m0/s1. The first kappa shape index (κ1) is 21.4. The Kier molecular flexibility index (Phi) is 6.18. The summed E-state index contributed by atoms with van der Waals surface area (Å²) in [5.41, 5.74) is 4.77. The quantitative estimate of drug-likeness (QED) is 0.722. The van der Waals surface area contributed by atoms with Crippen LogP contribution >= 0.6 is 0 Å². The zero-order valence-corrected chi connectivity index (χ0v) is 19.3. The molecule has 170 valence electrons. The first-order chi connectivity index (χ1) is 15.6. The lowest BCUT2D eigenvalue weighted by atomic mass is 9.82. The van der Waals surface area contributed by atoms with Gasteiger partial charge in [-0.2, -0.15) is 0 Å². The van der Waals surface area contributed by atoms with Crippen LogP contribution in [-0.2, 0) is 24.3 Å². The molecule has 2 atom stereocenters. The van der Waals surface area contributed by atoms with Gasteiger partial charge in [0.15, 0.2) is 0 Å². The highest BCUT2D eigenvalue weighted by Crippen LogP contribution is 2.35. The van der Waals surface area contributed by atoms with Gasteiger partial charge in [0.25, 0.3) is 5.56 Å². The van der Waals surface area contributed by atoms with Crippen molar-refractivity contribution in [3.63, 3.8) is 0 Å². The fourth-order valence-corrected chi connectivity index (χ4v) is 5.96. The van der Waals surface area contributed by atoms with Gasteiger partial charge >= 0.3 is 0 Å². The van der Waals surface area contributed by atoms with Gasteiger partial charge in [0.2, 0.25) is 5.91 Å². The number of pyridine rings is 1. The lowest BCUT2D eigenvalue weighted by Crippen LogP contribution is -2.49. The Labute approximate surface area is 191 Å². The molecule has 5 nitrogen and oxygen atoms in total. The monoisotopic (exact) mass is 433 g/mol. The van der Waals surface area contributed by atoms with Crippen LogP contribution in [0.4, 0.5) is 0 Å². The molecule has 2 saturated heterocycles. The second-order valence-electron chi connectivity index (χ2n) is 10.1. The number of amides is 1. The van der Waals surface area contributed by atoms with Crippen molar-refractivity contribution in [2.45, 2.75) is 64.5 Å². The van der Waals surface area contributed by atoms with Gasteiger partial charge < -0.3 is 9.47 Å². The summed E-state index contributed by atoms with van der Waals surface area (Å²) in [5.74, 6) is 0.911. The first-order valence-electron chi connectivity index (χ1n) is 12.4. The molecule has 1 amide bonds. The van der Waals surface area contributed by atoms with Gasteiger partial charge in [0.05, 0.1) is 0 Å². The van der Waals surface area contributed by atoms with Crippen molar-refractivity contribution in [2.24, 2.45) is 5.92 Å². The summed E-state index contributed by atoms with van der Waals surface area (Å²) in [5, 5.41) is 0. The molecular formula is C27H35N3O2. The average molecular weight is 434 g/mol. The van der Waals surface area contributed by atoms with E-state index in [9.17, 15) is 9.59 Å². The van der Waals surface area contributed by atoms with Crippen molar-refractivity contribution in [1.82, 2.24) is 14.4 Å². The van der Waals surface area contributed by atoms with Gasteiger partial charge in [0.1, 0.15) is 0 Å². The number of carbonyl (C=O) groups is 1. The average Bonchev–Trinajstić information content (AvgIpc) is 2.81. The van der Waals surface area contributed by atoms with Crippen LogP contribution in [0.1, 0.15) is 60.4 Å². The van der Waals surface area contributed by atoms with Crippen LogP contribution in [0.3, 0.4) is 0 Å².